The predicted molar refractivity (Wildman–Crippen MR) is 104 cm³/mol. The van der Waals surface area contributed by atoms with Crippen LogP contribution in [0.5, 0.6) is 5.75 Å². The number of thiazole rings is 1. The zero-order chi connectivity index (χ0) is 19.2. The lowest BCUT2D eigenvalue weighted by atomic mass is 10.2. The number of ether oxygens (including phenoxy) is 1. The largest absolute Gasteiger partial charge is 0.497 e. The highest BCUT2D eigenvalue weighted by Gasteiger charge is 2.19. The van der Waals surface area contributed by atoms with Crippen LogP contribution < -0.4 is 4.74 Å². The van der Waals surface area contributed by atoms with E-state index in [9.17, 15) is 9.18 Å². The molecular formula is C21H17FN2O2S. The van der Waals surface area contributed by atoms with Crippen molar-refractivity contribution in [2.45, 2.75) is 6.54 Å². The van der Waals surface area contributed by atoms with Gasteiger partial charge in [-0.3, -0.25) is 4.79 Å². The molecule has 0 N–H and O–H groups in total. The minimum atomic E-state index is -0.322. The second-order valence-corrected chi connectivity index (χ2v) is 6.62. The first-order valence-electron chi connectivity index (χ1n) is 8.18. The molecule has 0 atom stereocenters. The number of nitrogens with zero attached hydrogens (tertiary/aromatic N) is 2. The Balaban J connectivity index is 1.78. The van der Waals surface area contributed by atoms with Gasteiger partial charge in [0.05, 0.1) is 13.7 Å². The summed E-state index contributed by atoms with van der Waals surface area (Å²) in [5.41, 5.74) is 2.04. The second kappa shape index (κ2) is 8.47. The highest BCUT2D eigenvalue weighted by Crippen LogP contribution is 2.26. The Morgan fingerprint density at radius 2 is 1.93 bits per heavy atom. The number of carbonyl (C=O) groups is 1. The number of methoxy groups -OCH3 is 1. The normalized spacial score (nSPS) is 10.3. The first-order chi connectivity index (χ1) is 13.1. The SMILES string of the molecule is C#CCN(Cc1ccc(F)cc1)C(=O)c1csc(-c2ccc(OC)cc2)n1. The van der Waals surface area contributed by atoms with Crippen LogP contribution in [0.15, 0.2) is 53.9 Å². The van der Waals surface area contributed by atoms with Crippen molar-refractivity contribution >= 4 is 17.2 Å². The van der Waals surface area contributed by atoms with Crippen LogP contribution in [0.25, 0.3) is 10.6 Å². The van der Waals surface area contributed by atoms with E-state index < -0.39 is 0 Å². The van der Waals surface area contributed by atoms with Crippen molar-refractivity contribution in [3.8, 4) is 28.7 Å². The summed E-state index contributed by atoms with van der Waals surface area (Å²) < 4.78 is 18.2. The van der Waals surface area contributed by atoms with Gasteiger partial charge in [0.2, 0.25) is 0 Å². The van der Waals surface area contributed by atoms with Gasteiger partial charge in [-0.25, -0.2) is 9.37 Å². The molecule has 2 aromatic carbocycles. The minimum Gasteiger partial charge on any atom is -0.497 e. The average molecular weight is 380 g/mol. The second-order valence-electron chi connectivity index (χ2n) is 5.76. The van der Waals surface area contributed by atoms with E-state index in [4.69, 9.17) is 11.2 Å². The number of hydrogen-bond acceptors (Lipinski definition) is 4. The van der Waals surface area contributed by atoms with Crippen molar-refractivity contribution in [1.29, 1.82) is 0 Å². The number of carbonyl (C=O) groups excluding carboxylic acids is 1. The molecule has 0 aliphatic heterocycles. The van der Waals surface area contributed by atoms with Gasteiger partial charge in [0, 0.05) is 17.5 Å². The van der Waals surface area contributed by atoms with Gasteiger partial charge in [0.1, 0.15) is 22.3 Å². The number of amides is 1. The van der Waals surface area contributed by atoms with Gasteiger partial charge >= 0.3 is 0 Å². The van der Waals surface area contributed by atoms with Gasteiger partial charge in [-0.2, -0.15) is 0 Å². The maximum absolute atomic E-state index is 13.1. The molecule has 0 bridgehead atoms. The molecule has 0 fully saturated rings. The zero-order valence-electron chi connectivity index (χ0n) is 14.7. The minimum absolute atomic E-state index is 0.144. The van der Waals surface area contributed by atoms with Gasteiger partial charge in [0.15, 0.2) is 0 Å². The van der Waals surface area contributed by atoms with Crippen molar-refractivity contribution in [2.24, 2.45) is 0 Å². The number of terminal acetylenes is 1. The van der Waals surface area contributed by atoms with Crippen molar-refractivity contribution in [1.82, 2.24) is 9.88 Å². The third-order valence-electron chi connectivity index (χ3n) is 3.92. The summed E-state index contributed by atoms with van der Waals surface area (Å²) in [4.78, 5) is 18.8. The topological polar surface area (TPSA) is 42.4 Å². The molecule has 0 spiro atoms. The molecule has 136 valence electrons. The molecule has 4 nitrogen and oxygen atoms in total. The standard InChI is InChI=1S/C21H17FN2O2S/c1-3-12-24(13-15-4-8-17(22)9-5-15)21(25)19-14-27-20(23-19)16-6-10-18(26-2)11-7-16/h1,4-11,14H,12-13H2,2H3. The Labute approximate surface area is 161 Å². The van der Waals surface area contributed by atoms with Crippen LogP contribution in [0.2, 0.25) is 0 Å². The molecule has 0 saturated heterocycles. The van der Waals surface area contributed by atoms with E-state index in [-0.39, 0.29) is 18.3 Å². The van der Waals surface area contributed by atoms with Gasteiger partial charge in [0.25, 0.3) is 5.91 Å². The van der Waals surface area contributed by atoms with Gasteiger partial charge in [-0.15, -0.1) is 17.8 Å². The van der Waals surface area contributed by atoms with Crippen LogP contribution in [-0.2, 0) is 6.54 Å². The van der Waals surface area contributed by atoms with Crippen LogP contribution in [-0.4, -0.2) is 29.4 Å². The number of aromatic nitrogens is 1. The van der Waals surface area contributed by atoms with Crippen LogP contribution in [0.4, 0.5) is 4.39 Å². The van der Waals surface area contributed by atoms with E-state index in [1.54, 1.807) is 24.6 Å². The lowest BCUT2D eigenvalue weighted by Gasteiger charge is -2.19. The van der Waals surface area contributed by atoms with E-state index >= 15 is 0 Å². The zero-order valence-corrected chi connectivity index (χ0v) is 15.5. The van der Waals surface area contributed by atoms with E-state index in [2.05, 4.69) is 10.9 Å². The summed E-state index contributed by atoms with van der Waals surface area (Å²) in [6.07, 6.45) is 5.41. The summed E-state index contributed by atoms with van der Waals surface area (Å²) in [7, 11) is 1.61. The van der Waals surface area contributed by atoms with Crippen molar-refractivity contribution in [2.75, 3.05) is 13.7 Å². The molecule has 0 aliphatic rings. The first kappa shape index (κ1) is 18.6. The quantitative estimate of drug-likeness (QED) is 0.601. The van der Waals surface area contributed by atoms with Crippen LogP contribution in [0, 0.1) is 18.2 Å². The van der Waals surface area contributed by atoms with Crippen LogP contribution in [0.3, 0.4) is 0 Å². The van der Waals surface area contributed by atoms with Crippen LogP contribution in [0.1, 0.15) is 16.1 Å². The maximum Gasteiger partial charge on any atom is 0.274 e. The third-order valence-corrected chi connectivity index (χ3v) is 4.81. The van der Waals surface area contributed by atoms with Gasteiger partial charge in [-0.1, -0.05) is 18.1 Å². The molecule has 1 amide bonds. The molecular weight excluding hydrogens is 363 g/mol. The third kappa shape index (κ3) is 4.52. The van der Waals surface area contributed by atoms with E-state index in [0.717, 1.165) is 21.9 Å². The molecule has 1 aromatic heterocycles. The molecule has 0 saturated carbocycles. The summed E-state index contributed by atoms with van der Waals surface area (Å²) in [5, 5.41) is 2.46. The lowest BCUT2D eigenvalue weighted by molar-refractivity contribution is 0.0761. The number of hydrogen-bond donors (Lipinski definition) is 0. The molecule has 3 aromatic rings. The average Bonchev–Trinajstić information content (AvgIpc) is 3.19. The molecule has 0 aliphatic carbocycles. The smallest absolute Gasteiger partial charge is 0.274 e. The molecule has 0 unspecified atom stereocenters. The van der Waals surface area contributed by atoms with Gasteiger partial charge < -0.3 is 9.64 Å². The molecule has 0 radical (unpaired) electrons. The van der Waals surface area contributed by atoms with Crippen molar-refractivity contribution < 1.29 is 13.9 Å². The summed E-state index contributed by atoms with van der Waals surface area (Å²) in [6.45, 7) is 0.435. The Morgan fingerprint density at radius 3 is 2.56 bits per heavy atom. The summed E-state index contributed by atoms with van der Waals surface area (Å²) >= 11 is 1.39. The first-order valence-corrected chi connectivity index (χ1v) is 9.06. The summed E-state index contributed by atoms with van der Waals surface area (Å²) in [6, 6.07) is 13.5. The fourth-order valence-electron chi connectivity index (χ4n) is 2.52. The van der Waals surface area contributed by atoms with Crippen LogP contribution >= 0.6 is 11.3 Å². The molecule has 6 heteroatoms. The molecule has 3 rings (SSSR count). The Morgan fingerprint density at radius 1 is 1.22 bits per heavy atom. The number of rotatable bonds is 6. The monoisotopic (exact) mass is 380 g/mol. The summed E-state index contributed by atoms with van der Waals surface area (Å²) in [5.74, 6) is 2.67. The Kier molecular flexibility index (Phi) is 5.84. The maximum atomic E-state index is 13.1. The predicted octanol–water partition coefficient (Wildman–Crippen LogP) is 4.23. The van der Waals surface area contributed by atoms with Crippen molar-refractivity contribution in [3.63, 3.8) is 0 Å². The fourth-order valence-corrected chi connectivity index (χ4v) is 3.32. The number of benzene rings is 2. The molecule has 1 heterocycles. The van der Waals surface area contributed by atoms with Crippen molar-refractivity contribution in [3.05, 3.63) is 71.0 Å². The highest BCUT2D eigenvalue weighted by molar-refractivity contribution is 7.13. The van der Waals surface area contributed by atoms with E-state index in [0.29, 0.717) is 12.2 Å². The Bertz CT molecular complexity index is 959. The Hall–Kier alpha value is -3.17. The van der Waals surface area contributed by atoms with E-state index in [1.165, 1.54) is 28.4 Å². The van der Waals surface area contributed by atoms with E-state index in [1.807, 2.05) is 24.3 Å². The molecule has 27 heavy (non-hydrogen) atoms. The highest BCUT2D eigenvalue weighted by atomic mass is 32.1. The van der Waals surface area contributed by atoms with Gasteiger partial charge in [-0.05, 0) is 42.0 Å². The lowest BCUT2D eigenvalue weighted by Crippen LogP contribution is -2.31. The fraction of sp³-hybridized carbons (Fsp3) is 0.143. The number of halogens is 1.